The van der Waals surface area contributed by atoms with Crippen LogP contribution in [0.5, 0.6) is 0 Å². The van der Waals surface area contributed by atoms with Crippen LogP contribution >= 0.6 is 0 Å². The fourth-order valence-electron chi connectivity index (χ4n) is 8.87. The van der Waals surface area contributed by atoms with Gasteiger partial charge in [0.2, 0.25) is 5.91 Å². The lowest BCUT2D eigenvalue weighted by atomic mass is 9.42. The van der Waals surface area contributed by atoms with Crippen molar-refractivity contribution in [3.8, 4) is 0 Å². The molecule has 5 aliphatic rings. The van der Waals surface area contributed by atoms with Crippen LogP contribution in [0.15, 0.2) is 29.1 Å². The minimum absolute atomic E-state index is 0.0902. The van der Waals surface area contributed by atoms with Gasteiger partial charge in [0, 0.05) is 17.7 Å². The van der Waals surface area contributed by atoms with Gasteiger partial charge in [0.05, 0.1) is 24.0 Å². The first-order valence-corrected chi connectivity index (χ1v) is 13.8. The summed E-state index contributed by atoms with van der Waals surface area (Å²) in [6.45, 7) is 2.25. The van der Waals surface area contributed by atoms with E-state index in [0.29, 0.717) is 38.0 Å². The quantitative estimate of drug-likeness (QED) is 0.274. The summed E-state index contributed by atoms with van der Waals surface area (Å²) in [6, 6.07) is 1.59. The first-order chi connectivity index (χ1) is 17.3. The number of aliphatic hydroxyl groups excluding tert-OH is 1. The molecule has 0 spiro atoms. The molecule has 8 heteroatoms. The molecule has 0 bridgehead atoms. The topological polar surface area (TPSA) is 124 Å². The predicted molar refractivity (Wildman–Crippen MR) is 131 cm³/mol. The number of carbonyl (C=O) groups excluding carboxylic acids is 1. The molecule has 4 aliphatic carbocycles. The molecule has 0 aromatic carbocycles. The molecule has 1 saturated heterocycles. The van der Waals surface area contributed by atoms with Gasteiger partial charge in [-0.15, -0.1) is 0 Å². The van der Waals surface area contributed by atoms with E-state index in [4.69, 9.17) is 9.15 Å². The van der Waals surface area contributed by atoms with Crippen LogP contribution in [0, 0.1) is 29.1 Å². The molecule has 6 unspecified atom stereocenters. The lowest BCUT2D eigenvalue weighted by molar-refractivity contribution is -0.244. The van der Waals surface area contributed by atoms with Gasteiger partial charge in [-0.1, -0.05) is 19.8 Å². The fourth-order valence-corrected chi connectivity index (χ4v) is 8.87. The van der Waals surface area contributed by atoms with Crippen LogP contribution in [-0.4, -0.2) is 50.9 Å². The van der Waals surface area contributed by atoms with E-state index in [1.807, 2.05) is 0 Å². The van der Waals surface area contributed by atoms with Crippen LogP contribution in [0.3, 0.4) is 0 Å². The molecule has 5 fully saturated rings. The molecule has 1 aromatic rings. The van der Waals surface area contributed by atoms with Crippen molar-refractivity contribution in [1.82, 2.24) is 10.8 Å². The zero-order valence-electron chi connectivity index (χ0n) is 21.1. The van der Waals surface area contributed by atoms with E-state index in [0.717, 1.165) is 30.7 Å². The van der Waals surface area contributed by atoms with Gasteiger partial charge < -0.3 is 29.9 Å². The number of carbonyl (C=O) groups is 1. The molecule has 36 heavy (non-hydrogen) atoms. The molecule has 9 atom stereocenters. The Morgan fingerprint density at radius 3 is 2.83 bits per heavy atom. The van der Waals surface area contributed by atoms with Gasteiger partial charge in [-0.05, 0) is 87.2 Å². The van der Waals surface area contributed by atoms with Crippen LogP contribution in [0.2, 0.25) is 0 Å². The van der Waals surface area contributed by atoms with Gasteiger partial charge in [-0.3, -0.25) is 4.79 Å². The number of hydroxylamine groups is 1. The number of hydrogen-bond acceptors (Lipinski definition) is 7. The van der Waals surface area contributed by atoms with Crippen LogP contribution in [0.25, 0.3) is 6.08 Å². The molecule has 198 valence electrons. The monoisotopic (exact) mass is 500 g/mol. The van der Waals surface area contributed by atoms with Crippen LogP contribution in [0.4, 0.5) is 0 Å². The number of ether oxygens (including phenoxy) is 1. The van der Waals surface area contributed by atoms with Crippen LogP contribution in [0.1, 0.15) is 76.7 Å². The first-order valence-electron chi connectivity index (χ1n) is 13.8. The summed E-state index contributed by atoms with van der Waals surface area (Å²) in [5.41, 5.74) is 0.174. The molecule has 6 rings (SSSR count). The minimum atomic E-state index is -1.28. The van der Waals surface area contributed by atoms with Crippen molar-refractivity contribution in [2.75, 3.05) is 0 Å². The van der Waals surface area contributed by atoms with E-state index in [1.165, 1.54) is 18.9 Å². The van der Waals surface area contributed by atoms with Crippen molar-refractivity contribution in [1.29, 1.82) is 0 Å². The second-order valence-corrected chi connectivity index (χ2v) is 12.3. The van der Waals surface area contributed by atoms with Gasteiger partial charge in [0.25, 0.3) is 0 Å². The Hall–Kier alpha value is -1.71. The maximum atomic E-state index is 13.4. The van der Waals surface area contributed by atoms with Gasteiger partial charge in [-0.2, -0.15) is 0 Å². The third-order valence-electron chi connectivity index (χ3n) is 10.2. The molecule has 4 saturated carbocycles. The van der Waals surface area contributed by atoms with E-state index < -0.39 is 28.9 Å². The highest BCUT2D eigenvalue weighted by molar-refractivity contribution is 5.92. The number of rotatable bonds is 8. The SMILES string of the molecule is CC(CC1CC1)CC12C3CCC[C@@]1(NC(=O)/C=C/c1ccoc1)OC1[C@@H](O)CCC(CC3NO)[C@@]12O. The zero-order valence-corrected chi connectivity index (χ0v) is 21.1. The van der Waals surface area contributed by atoms with Crippen LogP contribution < -0.4 is 10.8 Å². The average molecular weight is 501 g/mol. The Morgan fingerprint density at radius 2 is 2.11 bits per heavy atom. The summed E-state index contributed by atoms with van der Waals surface area (Å²) in [5, 5.41) is 37.5. The van der Waals surface area contributed by atoms with E-state index in [2.05, 4.69) is 17.7 Å². The zero-order chi connectivity index (χ0) is 25.1. The standard InChI is InChI=1S/C28H40N2O6/c1-17(13-18-4-5-18)15-26-21-3-2-11-27(26,29-24(32)9-6-19-10-12-35-16-19)36-25-23(31)8-7-20(28(25,26)33)14-22(21)30-34/h6,9-10,12,16-18,20-23,25,30-31,33-34H,2-5,7-8,11,13-15H2,1H3,(H,29,32)/b9-6+/t17?,20?,21?,22?,23-,25?,26?,27+,28+/m0/s1. The summed E-state index contributed by atoms with van der Waals surface area (Å²) >= 11 is 0. The van der Waals surface area contributed by atoms with Gasteiger partial charge >= 0.3 is 0 Å². The van der Waals surface area contributed by atoms with Crippen molar-refractivity contribution in [3.63, 3.8) is 0 Å². The maximum absolute atomic E-state index is 13.4. The average Bonchev–Trinajstić information content (AvgIpc) is 3.43. The molecule has 2 heterocycles. The van der Waals surface area contributed by atoms with E-state index in [9.17, 15) is 20.2 Å². The lowest BCUT2D eigenvalue weighted by Gasteiger charge is -2.65. The largest absolute Gasteiger partial charge is 0.472 e. The Bertz CT molecular complexity index is 994. The molecular formula is C28H40N2O6. The summed E-state index contributed by atoms with van der Waals surface area (Å²) in [7, 11) is 0. The van der Waals surface area contributed by atoms with Crippen molar-refractivity contribution in [2.45, 2.75) is 101 Å². The van der Waals surface area contributed by atoms with Gasteiger partial charge in [-0.25, -0.2) is 5.48 Å². The van der Waals surface area contributed by atoms with Gasteiger partial charge in [0.15, 0.2) is 5.72 Å². The number of furan rings is 1. The highest BCUT2D eigenvalue weighted by Crippen LogP contribution is 2.72. The van der Waals surface area contributed by atoms with Crippen molar-refractivity contribution in [2.24, 2.45) is 29.1 Å². The van der Waals surface area contributed by atoms with Gasteiger partial charge in [0.1, 0.15) is 11.7 Å². The third kappa shape index (κ3) is 3.56. The predicted octanol–water partition coefficient (Wildman–Crippen LogP) is 3.37. The molecule has 8 nitrogen and oxygen atoms in total. The Morgan fingerprint density at radius 1 is 1.28 bits per heavy atom. The molecular weight excluding hydrogens is 460 g/mol. The van der Waals surface area contributed by atoms with Crippen molar-refractivity contribution >= 4 is 12.0 Å². The highest BCUT2D eigenvalue weighted by atomic mass is 16.6. The number of amides is 1. The Balaban J connectivity index is 1.44. The third-order valence-corrected chi connectivity index (χ3v) is 10.2. The normalized spacial score (nSPS) is 44.4. The molecule has 5 N–H and O–H groups in total. The van der Waals surface area contributed by atoms with Crippen LogP contribution in [-0.2, 0) is 9.53 Å². The second kappa shape index (κ2) is 8.95. The van der Waals surface area contributed by atoms with E-state index in [-0.39, 0.29) is 23.8 Å². The summed E-state index contributed by atoms with van der Waals surface area (Å²) < 4.78 is 11.9. The Kier molecular flexibility index (Phi) is 6.12. The maximum Gasteiger partial charge on any atom is 0.246 e. The number of aliphatic hydroxyl groups is 2. The smallest absolute Gasteiger partial charge is 0.246 e. The van der Waals surface area contributed by atoms with Crippen molar-refractivity contribution in [3.05, 3.63) is 30.2 Å². The van der Waals surface area contributed by atoms with Crippen molar-refractivity contribution < 1.29 is 29.4 Å². The summed E-state index contributed by atoms with van der Waals surface area (Å²) in [6.07, 6.45) is 13.1. The second-order valence-electron chi connectivity index (χ2n) is 12.3. The first kappa shape index (κ1) is 24.6. The minimum Gasteiger partial charge on any atom is -0.472 e. The number of hydrogen-bond donors (Lipinski definition) is 5. The summed E-state index contributed by atoms with van der Waals surface area (Å²) in [4.78, 5) is 13.4. The Labute approximate surface area is 212 Å². The fraction of sp³-hybridized carbons (Fsp3) is 0.750. The summed E-state index contributed by atoms with van der Waals surface area (Å²) in [5.74, 6) is 0.541. The highest BCUT2D eigenvalue weighted by Gasteiger charge is 2.82. The molecule has 1 amide bonds. The van der Waals surface area contributed by atoms with E-state index in [1.54, 1.807) is 24.7 Å². The molecule has 1 aliphatic heterocycles. The lowest BCUT2D eigenvalue weighted by Crippen LogP contribution is -2.76. The molecule has 1 aromatic heterocycles. The molecule has 0 radical (unpaired) electrons. The van der Waals surface area contributed by atoms with E-state index >= 15 is 0 Å². The number of nitrogens with one attached hydrogen (secondary N) is 2.